The van der Waals surface area contributed by atoms with Crippen LogP contribution >= 0.6 is 9.44 Å². The molecular formula is C25H29F3O3S. The number of benzene rings is 3. The van der Waals surface area contributed by atoms with Crippen LogP contribution in [0.15, 0.2) is 106 Å². The van der Waals surface area contributed by atoms with Crippen molar-refractivity contribution in [1.29, 1.82) is 0 Å². The molecular weight excluding hydrogens is 437 g/mol. The van der Waals surface area contributed by atoms with Crippen molar-refractivity contribution in [3.8, 4) is 0 Å². The van der Waals surface area contributed by atoms with Crippen molar-refractivity contribution in [3.63, 3.8) is 0 Å². The summed E-state index contributed by atoms with van der Waals surface area (Å²) in [4.78, 5) is 16.6. The van der Waals surface area contributed by atoms with Gasteiger partial charge in [-0.05, 0) is 57.2 Å². The maximum atomic E-state index is 14.1. The number of carbonyl (C=O) groups is 1. The maximum absolute atomic E-state index is 14.1. The fourth-order valence-corrected chi connectivity index (χ4v) is 8.62. The molecule has 0 atom stereocenters. The van der Waals surface area contributed by atoms with E-state index in [0.29, 0.717) is 0 Å². The van der Waals surface area contributed by atoms with E-state index in [2.05, 4.69) is 0 Å². The first-order chi connectivity index (χ1) is 15.1. The smallest absolute Gasteiger partial charge is 0.379 e. The third kappa shape index (κ3) is 4.84. The average Bonchev–Trinajstić information content (AvgIpc) is 2.76. The van der Waals surface area contributed by atoms with Gasteiger partial charge < -0.3 is 8.92 Å². The first-order valence-electron chi connectivity index (χ1n) is 9.98. The van der Waals surface area contributed by atoms with E-state index in [9.17, 15) is 18.0 Å². The number of halogens is 3. The van der Waals surface area contributed by atoms with Gasteiger partial charge in [0.2, 0.25) is 0 Å². The lowest BCUT2D eigenvalue weighted by Crippen LogP contribution is -2.36. The monoisotopic (exact) mass is 466 g/mol. The SMILES string of the molecule is CO[SH](C(=O)OC(C)(C)C)(c1ccccc1)(c1ccccc1)c1ccccc1.FC(F)F. The van der Waals surface area contributed by atoms with Gasteiger partial charge >= 0.3 is 12.0 Å². The molecule has 0 aliphatic heterocycles. The normalized spacial score (nSPS) is 12.8. The molecule has 0 aromatic heterocycles. The van der Waals surface area contributed by atoms with Crippen molar-refractivity contribution in [2.45, 2.75) is 47.7 Å². The van der Waals surface area contributed by atoms with Gasteiger partial charge in [-0.2, -0.15) is 13.2 Å². The Morgan fingerprint density at radius 3 is 1.22 bits per heavy atom. The summed E-state index contributed by atoms with van der Waals surface area (Å²) in [5.41, 5.74) is -0.656. The highest BCUT2D eigenvalue weighted by Crippen LogP contribution is 2.86. The molecule has 0 saturated heterocycles. The van der Waals surface area contributed by atoms with Gasteiger partial charge in [0, 0.05) is 21.8 Å². The molecule has 0 bridgehead atoms. The molecule has 0 aliphatic rings. The third-order valence-electron chi connectivity index (χ3n) is 4.85. The van der Waals surface area contributed by atoms with Crippen LogP contribution in [0.25, 0.3) is 0 Å². The lowest BCUT2D eigenvalue weighted by atomic mass is 10.2. The number of hydrogen-bond donors (Lipinski definition) is 1. The average molecular weight is 467 g/mol. The van der Waals surface area contributed by atoms with Crippen molar-refractivity contribution < 1.29 is 26.9 Å². The van der Waals surface area contributed by atoms with Gasteiger partial charge in [0.15, 0.2) is 0 Å². The Labute approximate surface area is 187 Å². The van der Waals surface area contributed by atoms with Gasteiger partial charge in [-0.1, -0.05) is 64.0 Å². The largest absolute Gasteiger partial charge is 0.452 e. The molecule has 0 fully saturated rings. The van der Waals surface area contributed by atoms with Crippen molar-refractivity contribution >= 4 is 14.7 Å². The molecule has 32 heavy (non-hydrogen) atoms. The molecule has 0 saturated carbocycles. The summed E-state index contributed by atoms with van der Waals surface area (Å²) in [5, 5.41) is -0.343. The molecule has 0 radical (unpaired) electrons. The van der Waals surface area contributed by atoms with E-state index in [4.69, 9.17) is 8.92 Å². The van der Waals surface area contributed by atoms with Gasteiger partial charge in [-0.15, -0.1) is 0 Å². The Morgan fingerprint density at radius 1 is 0.719 bits per heavy atom. The van der Waals surface area contributed by atoms with Crippen LogP contribution in [0.1, 0.15) is 20.8 Å². The number of rotatable bonds is 4. The maximum Gasteiger partial charge on any atom is 0.379 e. The number of alkyl halides is 3. The molecule has 0 spiro atoms. The predicted octanol–water partition coefficient (Wildman–Crippen LogP) is 7.91. The first-order valence-corrected chi connectivity index (χ1v) is 12.1. The molecule has 3 nitrogen and oxygen atoms in total. The lowest BCUT2D eigenvalue weighted by Gasteiger charge is -2.59. The molecule has 0 heterocycles. The van der Waals surface area contributed by atoms with Crippen LogP contribution in [0.3, 0.4) is 0 Å². The fourth-order valence-electron chi connectivity index (χ4n) is 3.64. The Kier molecular flexibility index (Phi) is 8.15. The molecule has 0 N–H and O–H groups in total. The van der Waals surface area contributed by atoms with Crippen LogP contribution in [0.2, 0.25) is 0 Å². The van der Waals surface area contributed by atoms with Gasteiger partial charge in [0.1, 0.15) is 5.60 Å². The van der Waals surface area contributed by atoms with E-state index in [1.54, 1.807) is 7.11 Å². The Hall–Kier alpha value is -2.77. The predicted molar refractivity (Wildman–Crippen MR) is 123 cm³/mol. The molecule has 7 heteroatoms. The van der Waals surface area contributed by atoms with E-state index in [1.165, 1.54) is 0 Å². The zero-order chi connectivity index (χ0) is 23.9. The molecule has 174 valence electrons. The van der Waals surface area contributed by atoms with Gasteiger partial charge in [-0.25, -0.2) is 4.79 Å². The zero-order valence-electron chi connectivity index (χ0n) is 18.5. The minimum Gasteiger partial charge on any atom is -0.452 e. The molecule has 3 rings (SSSR count). The third-order valence-corrected chi connectivity index (χ3v) is 10.2. The number of hydrogen-bond acceptors (Lipinski definition) is 3. The summed E-state index contributed by atoms with van der Waals surface area (Å²) >= 11 is 0. The number of ether oxygens (including phenoxy) is 1. The second-order valence-electron chi connectivity index (χ2n) is 7.95. The molecule has 0 unspecified atom stereocenters. The van der Waals surface area contributed by atoms with Gasteiger partial charge in [0.05, 0.1) is 0 Å². The van der Waals surface area contributed by atoms with Gasteiger partial charge in [-0.3, -0.25) is 0 Å². The molecule has 3 aromatic carbocycles. The second-order valence-corrected chi connectivity index (χ2v) is 12.3. The van der Waals surface area contributed by atoms with Gasteiger partial charge in [0.25, 0.3) is 0 Å². The van der Waals surface area contributed by atoms with Crippen LogP contribution < -0.4 is 0 Å². The fraction of sp³-hybridized carbons (Fsp3) is 0.240. The van der Waals surface area contributed by atoms with Crippen molar-refractivity contribution in [3.05, 3.63) is 91.0 Å². The molecule has 0 aliphatic carbocycles. The summed E-state index contributed by atoms with van der Waals surface area (Å²) in [7, 11) is -2.42. The lowest BCUT2D eigenvalue weighted by molar-refractivity contribution is 0.00818. The quantitative estimate of drug-likeness (QED) is 0.313. The topological polar surface area (TPSA) is 35.5 Å². The molecule has 3 aromatic rings. The second kappa shape index (κ2) is 10.2. The minimum atomic E-state index is -4.04. The van der Waals surface area contributed by atoms with E-state index in [1.807, 2.05) is 112 Å². The highest BCUT2D eigenvalue weighted by atomic mass is 32.3. The van der Waals surface area contributed by atoms with E-state index in [0.717, 1.165) is 14.7 Å². The summed E-state index contributed by atoms with van der Waals surface area (Å²) in [6.45, 7) is 1.98. The zero-order valence-corrected chi connectivity index (χ0v) is 19.4. The van der Waals surface area contributed by atoms with Crippen molar-refractivity contribution in [2.75, 3.05) is 7.11 Å². The van der Waals surface area contributed by atoms with Crippen LogP contribution in [-0.4, -0.2) is 24.7 Å². The summed E-state index contributed by atoms with van der Waals surface area (Å²) in [5.74, 6) is 0. The van der Waals surface area contributed by atoms with E-state index >= 15 is 0 Å². The number of carbonyl (C=O) groups excluding carboxylic acids is 1. The van der Waals surface area contributed by atoms with E-state index in [-0.39, 0.29) is 5.30 Å². The standard InChI is InChI=1S/C24H28O3S.CHF3/c1-24(2,3)27-23(25)28(26-4,20-14-8-5-9-15-20,21-16-10-6-11-17-21)22-18-12-7-13-19-22;2-1(3)4/h5-19,28H,1-4H3;1H. The van der Waals surface area contributed by atoms with Crippen molar-refractivity contribution in [1.82, 2.24) is 0 Å². The van der Waals surface area contributed by atoms with Crippen LogP contribution in [0.5, 0.6) is 0 Å². The van der Waals surface area contributed by atoms with Crippen LogP contribution in [0.4, 0.5) is 18.0 Å². The summed E-state index contributed by atoms with van der Waals surface area (Å²) < 4.78 is 41.5. The Balaban J connectivity index is 0.000000837. The van der Waals surface area contributed by atoms with Crippen LogP contribution in [-0.2, 0) is 8.92 Å². The highest BCUT2D eigenvalue weighted by molar-refractivity contribution is 8.56. The molecule has 0 amide bonds. The Morgan fingerprint density at radius 2 is 1.00 bits per heavy atom. The highest BCUT2D eigenvalue weighted by Gasteiger charge is 2.55. The number of thiol groups is 1. The summed E-state index contributed by atoms with van der Waals surface area (Å²) in [6.07, 6.45) is 0. The minimum absolute atomic E-state index is 0.343. The first kappa shape index (κ1) is 25.5. The summed E-state index contributed by atoms with van der Waals surface area (Å²) in [6, 6.07) is 29.2. The van der Waals surface area contributed by atoms with Crippen molar-refractivity contribution in [2.24, 2.45) is 0 Å². The van der Waals surface area contributed by atoms with E-state index < -0.39 is 21.7 Å². The Bertz CT molecular complexity index is 889. The van der Waals surface area contributed by atoms with Crippen LogP contribution in [0, 0.1) is 0 Å².